The second kappa shape index (κ2) is 3.65. The highest BCUT2D eigenvalue weighted by atomic mass is 79.9. The number of hydrogen-bond donors (Lipinski definition) is 1. The molecule has 0 unspecified atom stereocenters. The molecule has 1 aromatic carbocycles. The van der Waals surface area contributed by atoms with Crippen molar-refractivity contribution in [3.05, 3.63) is 28.2 Å². The minimum Gasteiger partial charge on any atom is -0.506 e. The maximum Gasteiger partial charge on any atom is 0.187 e. The first-order valence-electron chi connectivity index (χ1n) is 3.99. The number of hydrogen-bond acceptors (Lipinski definition) is 3. The van der Waals surface area contributed by atoms with Gasteiger partial charge in [0, 0.05) is 0 Å². The van der Waals surface area contributed by atoms with E-state index < -0.39 is 6.29 Å². The predicted molar refractivity (Wildman–Crippen MR) is 50.5 cm³/mol. The molecular formula is C9H9BrO3. The van der Waals surface area contributed by atoms with E-state index in [1.54, 1.807) is 12.1 Å². The van der Waals surface area contributed by atoms with Crippen molar-refractivity contribution in [1.29, 1.82) is 0 Å². The number of phenols is 1. The van der Waals surface area contributed by atoms with E-state index in [2.05, 4.69) is 15.9 Å². The second-order valence-corrected chi connectivity index (χ2v) is 3.61. The molecule has 1 aliphatic rings. The van der Waals surface area contributed by atoms with E-state index in [9.17, 15) is 5.11 Å². The van der Waals surface area contributed by atoms with Crippen LogP contribution in [0.5, 0.6) is 5.75 Å². The number of rotatable bonds is 1. The van der Waals surface area contributed by atoms with E-state index in [1.807, 2.05) is 6.07 Å². The molecule has 1 saturated heterocycles. The third kappa shape index (κ3) is 1.70. The van der Waals surface area contributed by atoms with Crippen LogP contribution in [0.3, 0.4) is 0 Å². The Morgan fingerprint density at radius 2 is 2.00 bits per heavy atom. The highest BCUT2D eigenvalue weighted by Crippen LogP contribution is 2.35. The van der Waals surface area contributed by atoms with Gasteiger partial charge >= 0.3 is 0 Å². The zero-order chi connectivity index (χ0) is 9.26. The predicted octanol–water partition coefficient (Wildman–Crippen LogP) is 2.20. The molecule has 1 aliphatic heterocycles. The Morgan fingerprint density at radius 3 is 2.69 bits per heavy atom. The molecular weight excluding hydrogens is 236 g/mol. The average molecular weight is 245 g/mol. The summed E-state index contributed by atoms with van der Waals surface area (Å²) in [5.74, 6) is 0.189. The van der Waals surface area contributed by atoms with Gasteiger partial charge in [-0.1, -0.05) is 12.1 Å². The van der Waals surface area contributed by atoms with Crippen LogP contribution >= 0.6 is 15.9 Å². The van der Waals surface area contributed by atoms with Crippen LogP contribution in [-0.4, -0.2) is 18.3 Å². The Hall–Kier alpha value is -0.580. The van der Waals surface area contributed by atoms with E-state index in [0.717, 1.165) is 0 Å². The largest absolute Gasteiger partial charge is 0.506 e. The SMILES string of the molecule is Oc1c(Br)cccc1C1OCCO1. The van der Waals surface area contributed by atoms with Crippen LogP contribution in [0, 0.1) is 0 Å². The van der Waals surface area contributed by atoms with Crippen molar-refractivity contribution < 1.29 is 14.6 Å². The van der Waals surface area contributed by atoms with Crippen molar-refractivity contribution in [1.82, 2.24) is 0 Å². The van der Waals surface area contributed by atoms with Crippen LogP contribution < -0.4 is 0 Å². The number of para-hydroxylation sites is 1. The molecule has 0 amide bonds. The Bertz CT molecular complexity index is 308. The summed E-state index contributed by atoms with van der Waals surface area (Å²) in [5.41, 5.74) is 0.673. The summed E-state index contributed by atoms with van der Waals surface area (Å²) in [4.78, 5) is 0. The maximum absolute atomic E-state index is 9.65. The lowest BCUT2D eigenvalue weighted by Gasteiger charge is -2.11. The Morgan fingerprint density at radius 1 is 1.31 bits per heavy atom. The van der Waals surface area contributed by atoms with Crippen molar-refractivity contribution >= 4 is 15.9 Å². The van der Waals surface area contributed by atoms with Crippen LogP contribution in [0.2, 0.25) is 0 Å². The lowest BCUT2D eigenvalue weighted by molar-refractivity contribution is -0.0455. The van der Waals surface area contributed by atoms with Crippen LogP contribution in [0.1, 0.15) is 11.9 Å². The van der Waals surface area contributed by atoms with Crippen molar-refractivity contribution in [3.63, 3.8) is 0 Å². The molecule has 13 heavy (non-hydrogen) atoms. The fourth-order valence-electron chi connectivity index (χ4n) is 1.26. The number of halogens is 1. The molecule has 0 saturated carbocycles. The summed E-state index contributed by atoms with van der Waals surface area (Å²) in [6, 6.07) is 5.40. The highest BCUT2D eigenvalue weighted by Gasteiger charge is 2.21. The van der Waals surface area contributed by atoms with Gasteiger partial charge in [-0.05, 0) is 22.0 Å². The third-order valence-electron chi connectivity index (χ3n) is 1.89. The smallest absolute Gasteiger partial charge is 0.187 e. The van der Waals surface area contributed by atoms with Crippen molar-refractivity contribution in [2.24, 2.45) is 0 Å². The maximum atomic E-state index is 9.65. The summed E-state index contributed by atoms with van der Waals surface area (Å²) in [6.07, 6.45) is -0.419. The monoisotopic (exact) mass is 244 g/mol. The average Bonchev–Trinajstić information content (AvgIpc) is 2.62. The van der Waals surface area contributed by atoms with Gasteiger partial charge in [-0.2, -0.15) is 0 Å². The Balaban J connectivity index is 2.33. The number of ether oxygens (including phenoxy) is 2. The molecule has 1 N–H and O–H groups in total. The fraction of sp³-hybridized carbons (Fsp3) is 0.333. The number of benzene rings is 1. The van der Waals surface area contributed by atoms with Gasteiger partial charge in [0.25, 0.3) is 0 Å². The number of aromatic hydroxyl groups is 1. The van der Waals surface area contributed by atoms with E-state index in [0.29, 0.717) is 23.2 Å². The number of phenolic OH excluding ortho intramolecular Hbond substituents is 1. The minimum atomic E-state index is -0.419. The van der Waals surface area contributed by atoms with E-state index in [1.165, 1.54) is 0 Å². The van der Waals surface area contributed by atoms with Crippen LogP contribution in [0.25, 0.3) is 0 Å². The van der Waals surface area contributed by atoms with Gasteiger partial charge in [0.05, 0.1) is 23.2 Å². The van der Waals surface area contributed by atoms with Crippen molar-refractivity contribution in [3.8, 4) is 5.75 Å². The summed E-state index contributed by atoms with van der Waals surface area (Å²) >= 11 is 3.23. The lowest BCUT2D eigenvalue weighted by atomic mass is 10.2. The first-order valence-corrected chi connectivity index (χ1v) is 4.79. The molecule has 0 aliphatic carbocycles. The normalized spacial score (nSPS) is 17.9. The van der Waals surface area contributed by atoms with Gasteiger partial charge in [0.1, 0.15) is 5.75 Å². The molecule has 1 fully saturated rings. The van der Waals surface area contributed by atoms with E-state index in [4.69, 9.17) is 9.47 Å². The zero-order valence-corrected chi connectivity index (χ0v) is 8.45. The van der Waals surface area contributed by atoms with Gasteiger partial charge in [0.15, 0.2) is 6.29 Å². The van der Waals surface area contributed by atoms with Gasteiger partial charge in [-0.15, -0.1) is 0 Å². The van der Waals surface area contributed by atoms with Crippen molar-refractivity contribution in [2.45, 2.75) is 6.29 Å². The van der Waals surface area contributed by atoms with Crippen LogP contribution in [0.15, 0.2) is 22.7 Å². The summed E-state index contributed by atoms with van der Waals surface area (Å²) in [7, 11) is 0. The Kier molecular flexibility index (Phi) is 2.53. The van der Waals surface area contributed by atoms with E-state index >= 15 is 0 Å². The van der Waals surface area contributed by atoms with Crippen LogP contribution in [0.4, 0.5) is 0 Å². The molecule has 0 bridgehead atoms. The molecule has 0 atom stereocenters. The first-order chi connectivity index (χ1) is 6.29. The first kappa shape index (κ1) is 8.99. The Labute approximate surface area is 84.4 Å². The zero-order valence-electron chi connectivity index (χ0n) is 6.87. The molecule has 3 nitrogen and oxygen atoms in total. The summed E-state index contributed by atoms with van der Waals surface area (Å²) < 4.78 is 11.2. The third-order valence-corrected chi connectivity index (χ3v) is 2.53. The molecule has 1 aromatic rings. The highest BCUT2D eigenvalue weighted by molar-refractivity contribution is 9.10. The molecule has 4 heteroatoms. The topological polar surface area (TPSA) is 38.7 Å². The van der Waals surface area contributed by atoms with Gasteiger partial charge in [-0.3, -0.25) is 0 Å². The minimum absolute atomic E-state index is 0.189. The quantitative estimate of drug-likeness (QED) is 0.824. The second-order valence-electron chi connectivity index (χ2n) is 2.75. The van der Waals surface area contributed by atoms with Gasteiger partial charge in [0.2, 0.25) is 0 Å². The molecule has 1 heterocycles. The van der Waals surface area contributed by atoms with Crippen molar-refractivity contribution in [2.75, 3.05) is 13.2 Å². The molecule has 0 spiro atoms. The molecule has 0 aromatic heterocycles. The molecule has 0 radical (unpaired) electrons. The summed E-state index contributed by atoms with van der Waals surface area (Å²) in [6.45, 7) is 1.16. The fourth-order valence-corrected chi connectivity index (χ4v) is 1.64. The van der Waals surface area contributed by atoms with Crippen LogP contribution in [-0.2, 0) is 9.47 Å². The summed E-state index contributed by atoms with van der Waals surface area (Å²) in [5, 5.41) is 9.65. The van der Waals surface area contributed by atoms with Gasteiger partial charge in [-0.25, -0.2) is 0 Å². The molecule has 2 rings (SSSR count). The van der Waals surface area contributed by atoms with Gasteiger partial charge < -0.3 is 14.6 Å². The van der Waals surface area contributed by atoms with E-state index in [-0.39, 0.29) is 5.75 Å². The standard InChI is InChI=1S/C9H9BrO3/c10-7-3-1-2-6(8(7)11)9-12-4-5-13-9/h1-3,9,11H,4-5H2. The molecule has 70 valence electrons. The lowest BCUT2D eigenvalue weighted by Crippen LogP contribution is -1.98.